The summed E-state index contributed by atoms with van der Waals surface area (Å²) in [6.07, 6.45) is 2.54. The number of aromatic nitrogens is 3. The highest BCUT2D eigenvalue weighted by molar-refractivity contribution is 5.89. The number of amides is 1. The molecular formula is C14H23N5O2. The predicted molar refractivity (Wildman–Crippen MR) is 76.1 cm³/mol. The molecule has 1 saturated heterocycles. The van der Waals surface area contributed by atoms with Crippen LogP contribution in [0.1, 0.15) is 39.1 Å². The minimum Gasteiger partial charge on any atom is -0.377 e. The SMILES string of the molecule is CC(NC(=O)C1(N)C2CCOC2C1(C)C)c1nncn1C. The number of rotatable bonds is 3. The Bertz CT molecular complexity index is 569. The fourth-order valence-corrected chi connectivity index (χ4v) is 3.91. The third kappa shape index (κ3) is 1.77. The molecule has 1 aliphatic heterocycles. The van der Waals surface area contributed by atoms with Gasteiger partial charge in [-0.2, -0.15) is 0 Å². The first kappa shape index (κ1) is 14.5. The molecule has 1 saturated carbocycles. The van der Waals surface area contributed by atoms with Gasteiger partial charge < -0.3 is 20.4 Å². The van der Waals surface area contributed by atoms with Crippen LogP contribution in [-0.4, -0.2) is 38.9 Å². The highest BCUT2D eigenvalue weighted by Gasteiger charge is 2.71. The summed E-state index contributed by atoms with van der Waals surface area (Å²) in [7, 11) is 1.85. The molecule has 1 aliphatic carbocycles. The van der Waals surface area contributed by atoms with E-state index in [9.17, 15) is 4.79 Å². The maximum atomic E-state index is 12.8. The number of carbonyl (C=O) groups is 1. The zero-order valence-electron chi connectivity index (χ0n) is 13.0. The number of hydrogen-bond acceptors (Lipinski definition) is 5. The van der Waals surface area contributed by atoms with Crippen molar-refractivity contribution in [3.05, 3.63) is 12.2 Å². The van der Waals surface area contributed by atoms with Crippen molar-refractivity contribution in [2.75, 3.05) is 6.61 Å². The van der Waals surface area contributed by atoms with Gasteiger partial charge in [0, 0.05) is 25.0 Å². The van der Waals surface area contributed by atoms with Gasteiger partial charge in [0.2, 0.25) is 5.91 Å². The molecule has 7 nitrogen and oxygen atoms in total. The van der Waals surface area contributed by atoms with Crippen molar-refractivity contribution in [2.24, 2.45) is 24.1 Å². The van der Waals surface area contributed by atoms with Crippen LogP contribution in [0.5, 0.6) is 0 Å². The molecule has 3 N–H and O–H groups in total. The van der Waals surface area contributed by atoms with Gasteiger partial charge in [-0.15, -0.1) is 10.2 Å². The second kappa shape index (κ2) is 4.51. The molecule has 2 heterocycles. The van der Waals surface area contributed by atoms with Gasteiger partial charge in [0.25, 0.3) is 0 Å². The Labute approximate surface area is 124 Å². The molecule has 7 heteroatoms. The van der Waals surface area contributed by atoms with E-state index in [1.807, 2.05) is 27.8 Å². The summed E-state index contributed by atoms with van der Waals surface area (Å²) >= 11 is 0. The maximum Gasteiger partial charge on any atom is 0.241 e. The molecule has 4 atom stereocenters. The molecule has 0 aromatic carbocycles. The summed E-state index contributed by atoms with van der Waals surface area (Å²) in [5.41, 5.74) is 5.26. The van der Waals surface area contributed by atoms with Crippen LogP contribution in [0.3, 0.4) is 0 Å². The van der Waals surface area contributed by atoms with Gasteiger partial charge in [0.05, 0.1) is 12.1 Å². The summed E-state index contributed by atoms with van der Waals surface area (Å²) in [5, 5.41) is 10.9. The van der Waals surface area contributed by atoms with Gasteiger partial charge >= 0.3 is 0 Å². The molecule has 21 heavy (non-hydrogen) atoms. The zero-order chi connectivity index (χ0) is 15.4. The highest BCUT2D eigenvalue weighted by atomic mass is 16.5. The van der Waals surface area contributed by atoms with Crippen molar-refractivity contribution in [1.29, 1.82) is 0 Å². The average Bonchev–Trinajstić information content (AvgIpc) is 3.04. The molecule has 1 aromatic rings. The third-order valence-electron chi connectivity index (χ3n) is 5.31. The van der Waals surface area contributed by atoms with Crippen molar-refractivity contribution in [3.8, 4) is 0 Å². The first-order valence-electron chi connectivity index (χ1n) is 7.35. The number of nitrogens with two attached hydrogens (primary N) is 1. The van der Waals surface area contributed by atoms with E-state index in [0.717, 1.165) is 6.42 Å². The number of carbonyl (C=O) groups excluding carboxylic acids is 1. The van der Waals surface area contributed by atoms with E-state index in [-0.39, 0.29) is 29.4 Å². The number of nitrogens with one attached hydrogen (secondary N) is 1. The molecule has 1 aromatic heterocycles. The lowest BCUT2D eigenvalue weighted by Crippen LogP contribution is -2.80. The van der Waals surface area contributed by atoms with Crippen molar-refractivity contribution in [3.63, 3.8) is 0 Å². The normalized spacial score (nSPS) is 34.9. The van der Waals surface area contributed by atoms with E-state index in [1.165, 1.54) is 0 Å². The molecule has 2 fully saturated rings. The molecule has 0 bridgehead atoms. The van der Waals surface area contributed by atoms with E-state index in [2.05, 4.69) is 15.5 Å². The van der Waals surface area contributed by atoms with Crippen LogP contribution < -0.4 is 11.1 Å². The van der Waals surface area contributed by atoms with Crippen LogP contribution in [-0.2, 0) is 16.6 Å². The molecule has 3 rings (SSSR count). The average molecular weight is 293 g/mol. The number of hydrogen-bond donors (Lipinski definition) is 2. The van der Waals surface area contributed by atoms with Crippen LogP contribution in [0.25, 0.3) is 0 Å². The van der Waals surface area contributed by atoms with Crippen molar-refractivity contribution < 1.29 is 9.53 Å². The summed E-state index contributed by atoms with van der Waals surface area (Å²) in [6, 6.07) is -0.234. The molecular weight excluding hydrogens is 270 g/mol. The molecule has 2 aliphatic rings. The minimum atomic E-state index is -0.888. The molecule has 4 unspecified atom stereocenters. The van der Waals surface area contributed by atoms with Crippen molar-refractivity contribution in [2.45, 2.75) is 44.9 Å². The van der Waals surface area contributed by atoms with Crippen LogP contribution in [0, 0.1) is 11.3 Å². The lowest BCUT2D eigenvalue weighted by atomic mass is 9.48. The molecule has 1 amide bonds. The van der Waals surface area contributed by atoms with Gasteiger partial charge in [-0.25, -0.2) is 0 Å². The second-order valence-electron chi connectivity index (χ2n) is 6.77. The zero-order valence-corrected chi connectivity index (χ0v) is 13.0. The summed E-state index contributed by atoms with van der Waals surface area (Å²) in [4.78, 5) is 12.8. The Balaban J connectivity index is 1.78. The molecule has 116 valence electrons. The van der Waals surface area contributed by atoms with Crippen LogP contribution in [0.15, 0.2) is 6.33 Å². The summed E-state index contributed by atoms with van der Waals surface area (Å²) in [6.45, 7) is 6.58. The van der Waals surface area contributed by atoms with Crippen molar-refractivity contribution in [1.82, 2.24) is 20.1 Å². The Kier molecular flexibility index (Phi) is 3.11. The lowest BCUT2D eigenvalue weighted by molar-refractivity contribution is -0.176. The van der Waals surface area contributed by atoms with Gasteiger partial charge in [-0.1, -0.05) is 13.8 Å². The van der Waals surface area contributed by atoms with Crippen LogP contribution in [0.4, 0.5) is 0 Å². The summed E-state index contributed by atoms with van der Waals surface area (Å²) < 4.78 is 7.52. The van der Waals surface area contributed by atoms with Crippen LogP contribution in [0.2, 0.25) is 0 Å². The largest absolute Gasteiger partial charge is 0.377 e. The van der Waals surface area contributed by atoms with E-state index in [1.54, 1.807) is 10.9 Å². The van der Waals surface area contributed by atoms with E-state index in [4.69, 9.17) is 10.5 Å². The second-order valence-corrected chi connectivity index (χ2v) is 6.77. The van der Waals surface area contributed by atoms with Crippen molar-refractivity contribution >= 4 is 5.91 Å². The summed E-state index contributed by atoms with van der Waals surface area (Å²) in [5.74, 6) is 0.678. The molecule has 0 radical (unpaired) electrons. The topological polar surface area (TPSA) is 95.1 Å². The third-order valence-corrected chi connectivity index (χ3v) is 5.31. The monoisotopic (exact) mass is 293 g/mol. The number of aryl methyl sites for hydroxylation is 1. The Morgan fingerprint density at radius 2 is 2.33 bits per heavy atom. The Morgan fingerprint density at radius 1 is 1.62 bits per heavy atom. The smallest absolute Gasteiger partial charge is 0.241 e. The number of fused-ring (bicyclic) bond motifs is 1. The van der Waals surface area contributed by atoms with Gasteiger partial charge in [-0.05, 0) is 13.3 Å². The van der Waals surface area contributed by atoms with Gasteiger partial charge in [0.15, 0.2) is 5.82 Å². The number of nitrogens with zero attached hydrogens (tertiary/aromatic N) is 3. The lowest BCUT2D eigenvalue weighted by Gasteiger charge is -2.60. The minimum absolute atomic E-state index is 0.0818. The van der Waals surface area contributed by atoms with E-state index < -0.39 is 5.54 Å². The first-order valence-corrected chi connectivity index (χ1v) is 7.35. The Morgan fingerprint density at radius 3 is 2.95 bits per heavy atom. The maximum absolute atomic E-state index is 12.8. The highest BCUT2D eigenvalue weighted by Crippen LogP contribution is 2.58. The van der Waals surface area contributed by atoms with Gasteiger partial charge in [0.1, 0.15) is 11.9 Å². The number of ether oxygens (including phenoxy) is 1. The predicted octanol–water partition coefficient (Wildman–Crippen LogP) is 0.135. The van der Waals surface area contributed by atoms with Gasteiger partial charge in [-0.3, -0.25) is 4.79 Å². The standard InChI is InChI=1S/C14H23N5O2/c1-8(11-18-16-7-19(11)4)17-12(20)14(15)9-5-6-21-10(9)13(14,2)3/h7-10H,5-6,15H2,1-4H3,(H,17,20). The quantitative estimate of drug-likeness (QED) is 0.826. The first-order chi connectivity index (χ1) is 9.80. The van der Waals surface area contributed by atoms with Crippen LogP contribution >= 0.6 is 0 Å². The van der Waals surface area contributed by atoms with E-state index >= 15 is 0 Å². The molecule has 0 spiro atoms. The fourth-order valence-electron chi connectivity index (χ4n) is 3.91. The fraction of sp³-hybridized carbons (Fsp3) is 0.786. The van der Waals surface area contributed by atoms with E-state index in [0.29, 0.717) is 12.4 Å². The Hall–Kier alpha value is -1.47.